The standard InChI is InChI=1S/C64H34N8/c65-35-40-1-9-45(10-2-40)50-17-21-58-54(31-50)55-32-51(46-11-3-41(36-66)4-12-46)18-22-59(55)71(58)62-29-44(39-69)30-63(64(62)49-25-27-70-28-26-49)72-60-23-19-52(47-13-5-42(37-67)6-14-47)33-56(60)57-34-53(20-24-61(57)72)48-15-7-43(38-68)8-16-48/h1-34H. The molecule has 0 N–H and O–H groups in total. The summed E-state index contributed by atoms with van der Waals surface area (Å²) in [6, 6.07) is 75.6. The number of hydrogen-bond donors (Lipinski definition) is 0. The number of nitriles is 5. The van der Waals surface area contributed by atoms with E-state index in [-0.39, 0.29) is 0 Å². The van der Waals surface area contributed by atoms with Crippen LogP contribution in [-0.4, -0.2) is 14.1 Å². The Hall–Kier alpha value is -10.8. The van der Waals surface area contributed by atoms with Gasteiger partial charge in [-0.3, -0.25) is 4.98 Å². The number of fused-ring (bicyclic) bond motifs is 6. The highest BCUT2D eigenvalue weighted by Gasteiger charge is 2.24. The van der Waals surface area contributed by atoms with Crippen molar-refractivity contribution in [3.63, 3.8) is 0 Å². The van der Waals surface area contributed by atoms with Gasteiger partial charge < -0.3 is 9.13 Å². The molecule has 0 aliphatic heterocycles. The van der Waals surface area contributed by atoms with Gasteiger partial charge in [-0.05, 0) is 171 Å². The molecule has 0 saturated carbocycles. The first-order valence-corrected chi connectivity index (χ1v) is 23.1. The number of rotatable bonds is 7. The number of hydrogen-bond acceptors (Lipinski definition) is 6. The number of benzene rings is 9. The minimum absolute atomic E-state index is 0.467. The van der Waals surface area contributed by atoms with Gasteiger partial charge in [0.1, 0.15) is 0 Å². The molecule has 3 aromatic heterocycles. The van der Waals surface area contributed by atoms with Crippen molar-refractivity contribution < 1.29 is 0 Å². The third kappa shape index (κ3) is 7.17. The van der Waals surface area contributed by atoms with Crippen LogP contribution in [0.25, 0.3) is 111 Å². The second-order valence-electron chi connectivity index (χ2n) is 17.6. The fourth-order valence-corrected chi connectivity index (χ4v) is 10.1. The Kier molecular flexibility index (Phi) is 10.3. The molecule has 72 heavy (non-hydrogen) atoms. The molecule has 0 bridgehead atoms. The average molecular weight is 915 g/mol. The molecule has 0 saturated heterocycles. The third-order valence-corrected chi connectivity index (χ3v) is 13.6. The molecule has 0 aliphatic carbocycles. The summed E-state index contributed by atoms with van der Waals surface area (Å²) >= 11 is 0. The molecule has 8 heteroatoms. The van der Waals surface area contributed by atoms with E-state index >= 15 is 0 Å². The van der Waals surface area contributed by atoms with Crippen LogP contribution in [0.1, 0.15) is 27.8 Å². The van der Waals surface area contributed by atoms with Crippen LogP contribution < -0.4 is 0 Å². The zero-order valence-corrected chi connectivity index (χ0v) is 38.2. The predicted octanol–water partition coefficient (Wildman–Crippen LogP) is 15.0. The molecule has 330 valence electrons. The number of nitrogens with zero attached hydrogens (tertiary/aromatic N) is 8. The molecule has 0 radical (unpaired) electrons. The normalized spacial score (nSPS) is 11.0. The van der Waals surface area contributed by atoms with E-state index in [1.54, 1.807) is 12.4 Å². The first-order chi connectivity index (χ1) is 35.4. The lowest BCUT2D eigenvalue weighted by Gasteiger charge is -2.21. The van der Waals surface area contributed by atoms with Crippen molar-refractivity contribution in [2.45, 2.75) is 0 Å². The molecule has 0 amide bonds. The maximum Gasteiger partial charge on any atom is 0.0993 e. The minimum atomic E-state index is 0.467. The first-order valence-electron chi connectivity index (χ1n) is 23.1. The van der Waals surface area contributed by atoms with Gasteiger partial charge in [0.15, 0.2) is 0 Å². The van der Waals surface area contributed by atoms with Gasteiger partial charge in [0, 0.05) is 39.5 Å². The highest BCUT2D eigenvalue weighted by atomic mass is 15.0. The van der Waals surface area contributed by atoms with Crippen LogP contribution in [0.15, 0.2) is 207 Å². The van der Waals surface area contributed by atoms with E-state index in [9.17, 15) is 26.3 Å². The lowest BCUT2D eigenvalue weighted by Crippen LogP contribution is -2.05. The predicted molar refractivity (Wildman–Crippen MR) is 284 cm³/mol. The zero-order valence-electron chi connectivity index (χ0n) is 38.2. The average Bonchev–Trinajstić information content (AvgIpc) is 3.96. The van der Waals surface area contributed by atoms with Crippen molar-refractivity contribution in [1.29, 1.82) is 26.3 Å². The Morgan fingerprint density at radius 3 is 0.792 bits per heavy atom. The van der Waals surface area contributed by atoms with Gasteiger partial charge in [0.25, 0.3) is 0 Å². The van der Waals surface area contributed by atoms with Gasteiger partial charge in [-0.25, -0.2) is 0 Å². The lowest BCUT2D eigenvalue weighted by molar-refractivity contribution is 1.13. The summed E-state index contributed by atoms with van der Waals surface area (Å²) in [5.74, 6) is 0. The van der Waals surface area contributed by atoms with Crippen LogP contribution in [0.5, 0.6) is 0 Å². The maximum absolute atomic E-state index is 11.0. The highest BCUT2D eigenvalue weighted by molar-refractivity contribution is 6.14. The molecule has 12 rings (SSSR count). The summed E-state index contributed by atoms with van der Waals surface area (Å²) in [4.78, 5) is 4.45. The number of pyridine rings is 1. The van der Waals surface area contributed by atoms with Gasteiger partial charge in [0.2, 0.25) is 0 Å². The first kappa shape index (κ1) is 42.5. The molecular formula is C64H34N8. The summed E-state index contributed by atoms with van der Waals surface area (Å²) in [5, 5.41) is 53.3. The van der Waals surface area contributed by atoms with Gasteiger partial charge >= 0.3 is 0 Å². The summed E-state index contributed by atoms with van der Waals surface area (Å²) < 4.78 is 4.52. The SMILES string of the molecule is N#Cc1ccc(-c2ccc3c(c2)c2cc(-c4ccc(C#N)cc4)ccc2n3-c2cc(C#N)cc(-n3c4ccc(-c5ccc(C#N)cc5)cc4c4cc(-c5ccc(C#N)cc5)ccc43)c2-c2ccncc2)cc1. The van der Waals surface area contributed by atoms with E-state index in [1.165, 1.54) is 0 Å². The molecule has 0 aliphatic rings. The van der Waals surface area contributed by atoms with Gasteiger partial charge in [-0.2, -0.15) is 26.3 Å². The van der Waals surface area contributed by atoms with Crippen molar-refractivity contribution in [2.75, 3.05) is 0 Å². The molecule has 3 heterocycles. The Bertz CT molecular complexity index is 3910. The van der Waals surface area contributed by atoms with Gasteiger partial charge in [0.05, 0.1) is 91.6 Å². The minimum Gasteiger partial charge on any atom is -0.308 e. The van der Waals surface area contributed by atoms with Crippen LogP contribution in [0.3, 0.4) is 0 Å². The Morgan fingerprint density at radius 2 is 0.528 bits per heavy atom. The molecule has 0 atom stereocenters. The molecular weight excluding hydrogens is 881 g/mol. The monoisotopic (exact) mass is 914 g/mol. The van der Waals surface area contributed by atoms with E-state index in [1.807, 2.05) is 121 Å². The van der Waals surface area contributed by atoms with E-state index in [4.69, 9.17) is 0 Å². The van der Waals surface area contributed by atoms with E-state index in [2.05, 4.69) is 117 Å². The van der Waals surface area contributed by atoms with Crippen LogP contribution in [0.4, 0.5) is 0 Å². The Labute approximate surface area is 413 Å². The van der Waals surface area contributed by atoms with Gasteiger partial charge in [-0.15, -0.1) is 0 Å². The van der Waals surface area contributed by atoms with Crippen molar-refractivity contribution in [2.24, 2.45) is 0 Å². The zero-order chi connectivity index (χ0) is 48.9. The third-order valence-electron chi connectivity index (χ3n) is 13.6. The van der Waals surface area contributed by atoms with Crippen molar-refractivity contribution in [3.8, 4) is 97.4 Å². The highest BCUT2D eigenvalue weighted by Crippen LogP contribution is 2.45. The molecule has 12 aromatic rings. The summed E-state index contributed by atoms with van der Waals surface area (Å²) in [6.07, 6.45) is 3.58. The fourth-order valence-electron chi connectivity index (χ4n) is 10.1. The maximum atomic E-state index is 11.0. The van der Waals surface area contributed by atoms with Crippen molar-refractivity contribution in [1.82, 2.24) is 14.1 Å². The van der Waals surface area contributed by atoms with E-state index in [0.29, 0.717) is 27.8 Å². The molecule has 0 spiro atoms. The smallest absolute Gasteiger partial charge is 0.0993 e. The summed E-state index contributed by atoms with van der Waals surface area (Å²) in [7, 11) is 0. The lowest BCUT2D eigenvalue weighted by atomic mass is 9.98. The fraction of sp³-hybridized carbons (Fsp3) is 0. The second kappa shape index (κ2) is 17.4. The molecule has 0 unspecified atom stereocenters. The molecule has 9 aromatic carbocycles. The van der Waals surface area contributed by atoms with Crippen LogP contribution in [-0.2, 0) is 0 Å². The van der Waals surface area contributed by atoms with E-state index in [0.717, 1.165) is 111 Å². The largest absolute Gasteiger partial charge is 0.308 e. The second-order valence-corrected chi connectivity index (χ2v) is 17.6. The summed E-state index contributed by atoms with van der Waals surface area (Å²) in [6.45, 7) is 0. The van der Waals surface area contributed by atoms with Gasteiger partial charge in [-0.1, -0.05) is 72.8 Å². The van der Waals surface area contributed by atoms with Crippen molar-refractivity contribution in [3.05, 3.63) is 234 Å². The van der Waals surface area contributed by atoms with Crippen LogP contribution in [0, 0.1) is 56.7 Å². The quantitative estimate of drug-likeness (QED) is 0.156. The van der Waals surface area contributed by atoms with Crippen LogP contribution >= 0.6 is 0 Å². The molecule has 8 nitrogen and oxygen atoms in total. The summed E-state index contributed by atoms with van der Waals surface area (Å²) in [5.41, 5.74) is 17.7. The van der Waals surface area contributed by atoms with E-state index < -0.39 is 0 Å². The number of aromatic nitrogens is 3. The topological polar surface area (TPSA) is 142 Å². The van der Waals surface area contributed by atoms with Crippen LogP contribution in [0.2, 0.25) is 0 Å². The van der Waals surface area contributed by atoms with Crippen molar-refractivity contribution >= 4 is 43.6 Å². The Morgan fingerprint density at radius 1 is 0.264 bits per heavy atom. The Balaban J connectivity index is 1.16. The molecule has 0 fully saturated rings.